The van der Waals surface area contributed by atoms with Gasteiger partial charge in [0.2, 0.25) is 11.8 Å². The number of nitrogens with one attached hydrogen (secondary N) is 1. The number of hydrogen-bond donors (Lipinski definition) is 3. The number of carbonyl (C=O) groups is 2. The second-order valence-electron chi connectivity index (χ2n) is 19.5. The maximum atomic E-state index is 13.2. The summed E-state index contributed by atoms with van der Waals surface area (Å²) in [7, 11) is 0. The Kier molecular flexibility index (Phi) is 18.2. The zero-order valence-electron chi connectivity index (χ0n) is 37.2. The van der Waals surface area contributed by atoms with Crippen molar-refractivity contribution in [3.05, 3.63) is 72.9 Å². The number of fused-ring (bicyclic) bond motifs is 5. The summed E-state index contributed by atoms with van der Waals surface area (Å²) in [6, 6.07) is 0.0478. The molecule has 0 aromatic heterocycles. The number of carbonyl (C=O) groups excluding carboxylic acids is 2. The first-order valence-corrected chi connectivity index (χ1v) is 23.9. The molecule has 1 saturated heterocycles. The minimum atomic E-state index is -0.266. The molecule has 12 atom stereocenters. The van der Waals surface area contributed by atoms with E-state index in [9.17, 15) is 19.8 Å². The molecule has 5 fully saturated rings. The van der Waals surface area contributed by atoms with Crippen molar-refractivity contribution < 1.29 is 19.8 Å². The highest BCUT2D eigenvalue weighted by Gasteiger charge is 2.64. The molecule has 4 aliphatic carbocycles. The van der Waals surface area contributed by atoms with E-state index in [2.05, 4.69) is 113 Å². The van der Waals surface area contributed by atoms with Gasteiger partial charge < -0.3 is 20.4 Å². The maximum absolute atomic E-state index is 13.2. The molecule has 5 rings (SSSR count). The summed E-state index contributed by atoms with van der Waals surface area (Å²) >= 11 is 0. The Morgan fingerprint density at radius 3 is 1.93 bits per heavy atom. The van der Waals surface area contributed by atoms with Gasteiger partial charge in [0.25, 0.3) is 0 Å². The molecule has 0 radical (unpaired) electrons. The van der Waals surface area contributed by atoms with Gasteiger partial charge >= 0.3 is 0 Å². The Morgan fingerprint density at radius 1 is 0.724 bits per heavy atom. The lowest BCUT2D eigenvalue weighted by Gasteiger charge is -2.64. The number of nitrogens with zero attached hydrogens (tertiary/aromatic N) is 1. The third-order valence-electron chi connectivity index (χ3n) is 16.0. The van der Waals surface area contributed by atoms with Crippen molar-refractivity contribution in [2.75, 3.05) is 13.1 Å². The van der Waals surface area contributed by atoms with E-state index in [-0.39, 0.29) is 46.8 Å². The third-order valence-corrected chi connectivity index (χ3v) is 16.0. The molecule has 0 aromatic carbocycles. The van der Waals surface area contributed by atoms with E-state index >= 15 is 0 Å². The smallest absolute Gasteiger partial charge is 0.222 e. The van der Waals surface area contributed by atoms with E-state index in [1.54, 1.807) is 0 Å². The number of aliphatic hydroxyl groups is 2. The summed E-state index contributed by atoms with van der Waals surface area (Å²) in [6.07, 6.45) is 44.0. The van der Waals surface area contributed by atoms with Crippen LogP contribution in [0.3, 0.4) is 0 Å². The van der Waals surface area contributed by atoms with Gasteiger partial charge in [0.05, 0.1) is 12.2 Å². The lowest BCUT2D eigenvalue weighted by molar-refractivity contribution is -0.203. The Morgan fingerprint density at radius 2 is 1.31 bits per heavy atom. The van der Waals surface area contributed by atoms with Crippen LogP contribution in [0.4, 0.5) is 0 Å². The first-order valence-electron chi connectivity index (χ1n) is 23.9. The first kappa shape index (κ1) is 46.4. The molecule has 1 heterocycles. The van der Waals surface area contributed by atoms with Crippen molar-refractivity contribution in [2.45, 2.75) is 175 Å². The summed E-state index contributed by atoms with van der Waals surface area (Å²) < 4.78 is 0. The molecule has 0 spiro atoms. The largest absolute Gasteiger partial charge is 0.393 e. The van der Waals surface area contributed by atoms with Crippen LogP contribution in [0.2, 0.25) is 0 Å². The van der Waals surface area contributed by atoms with Crippen LogP contribution >= 0.6 is 0 Å². The lowest BCUT2D eigenvalue weighted by Crippen LogP contribution is -2.62. The van der Waals surface area contributed by atoms with Gasteiger partial charge in [-0.15, -0.1) is 0 Å². The predicted molar refractivity (Wildman–Crippen MR) is 241 cm³/mol. The zero-order valence-corrected chi connectivity index (χ0v) is 37.2. The molecular weight excluding hydrogens is 717 g/mol. The summed E-state index contributed by atoms with van der Waals surface area (Å²) in [5.41, 5.74) is 0.438. The Bertz CT molecular complexity index is 1480. The van der Waals surface area contributed by atoms with Gasteiger partial charge in [0.1, 0.15) is 0 Å². The molecule has 324 valence electrons. The molecule has 6 nitrogen and oxygen atoms in total. The molecule has 1 aliphatic heterocycles. The summed E-state index contributed by atoms with van der Waals surface area (Å²) in [5, 5.41) is 25.9. The van der Waals surface area contributed by atoms with Crippen LogP contribution in [-0.4, -0.2) is 58.3 Å². The van der Waals surface area contributed by atoms with E-state index in [0.29, 0.717) is 54.9 Å². The fraction of sp³-hybridized carbons (Fsp3) is 0.731. The van der Waals surface area contributed by atoms with Crippen LogP contribution < -0.4 is 5.32 Å². The van der Waals surface area contributed by atoms with Gasteiger partial charge in [0.15, 0.2) is 0 Å². The highest BCUT2D eigenvalue weighted by atomic mass is 16.3. The molecule has 0 aromatic rings. The average Bonchev–Trinajstić information content (AvgIpc) is 3.82. The number of rotatable bonds is 20. The van der Waals surface area contributed by atoms with Gasteiger partial charge in [-0.1, -0.05) is 114 Å². The van der Waals surface area contributed by atoms with Gasteiger partial charge in [-0.25, -0.2) is 0 Å². The summed E-state index contributed by atoms with van der Waals surface area (Å²) in [4.78, 5) is 28.1. The van der Waals surface area contributed by atoms with Crippen molar-refractivity contribution in [1.82, 2.24) is 10.2 Å². The van der Waals surface area contributed by atoms with Gasteiger partial charge in [-0.3, -0.25) is 9.59 Å². The average molecular weight is 799 g/mol. The molecule has 1 unspecified atom stereocenters. The maximum Gasteiger partial charge on any atom is 0.222 e. The van der Waals surface area contributed by atoms with E-state index < -0.39 is 0 Å². The van der Waals surface area contributed by atoms with E-state index in [1.807, 2.05) is 4.90 Å². The molecule has 5 aliphatic rings. The number of aliphatic hydroxyl groups excluding tert-OH is 2. The minimum Gasteiger partial charge on any atom is -0.393 e. The van der Waals surface area contributed by atoms with Crippen molar-refractivity contribution in [1.29, 1.82) is 0 Å². The standard InChI is InChI=1S/C52H82N2O4/c1-6-8-9-10-11-12-13-14-15-16-17-18-19-20-21-22-23-24-25-26-48(57)54-36-33-40(38-54)53-47(56)30-27-39(3)43-28-29-44-49-45(32-35-51(43,44)4)52(5)34-31-41(55)37-46(52)42(7-2)50(49)58/h8-9,11-12,14-15,17-18,20-21,23-24,39-46,49-50,55,58H,6-7,10,13,16,19,22,25-38H2,1-5H3,(H,53,56)/t39-,40-,41-,42-,43?,44+,45+,46+,49+,50-,51-,52-/m1/s1. The van der Waals surface area contributed by atoms with Crippen molar-refractivity contribution >= 4 is 11.8 Å². The number of likely N-dealkylation sites (tertiary alicyclic amines) is 1. The molecule has 6 heteroatoms. The molecule has 58 heavy (non-hydrogen) atoms. The van der Waals surface area contributed by atoms with Crippen LogP contribution in [0.15, 0.2) is 72.9 Å². The van der Waals surface area contributed by atoms with Crippen LogP contribution in [-0.2, 0) is 9.59 Å². The molecule has 0 bridgehead atoms. The van der Waals surface area contributed by atoms with Gasteiger partial charge in [-0.2, -0.15) is 0 Å². The fourth-order valence-corrected chi connectivity index (χ4v) is 12.9. The second-order valence-corrected chi connectivity index (χ2v) is 19.5. The molecule has 4 saturated carbocycles. The molecular formula is C52H82N2O4. The van der Waals surface area contributed by atoms with Crippen molar-refractivity contribution in [3.63, 3.8) is 0 Å². The number of amides is 2. The highest BCUT2D eigenvalue weighted by Crippen LogP contribution is 2.69. The number of allylic oxidation sites excluding steroid dienone is 12. The minimum absolute atomic E-state index is 0.0478. The summed E-state index contributed by atoms with van der Waals surface area (Å²) in [5.74, 6) is 3.52. The fourth-order valence-electron chi connectivity index (χ4n) is 12.9. The van der Waals surface area contributed by atoms with Gasteiger partial charge in [-0.05, 0) is 155 Å². The van der Waals surface area contributed by atoms with Crippen molar-refractivity contribution in [2.24, 2.45) is 52.3 Å². The first-order chi connectivity index (χ1) is 28.0. The van der Waals surface area contributed by atoms with Crippen LogP contribution in [0.25, 0.3) is 0 Å². The molecule has 3 N–H and O–H groups in total. The summed E-state index contributed by atoms with van der Waals surface area (Å²) in [6.45, 7) is 13.2. The van der Waals surface area contributed by atoms with Crippen LogP contribution in [0.1, 0.15) is 157 Å². The number of hydrogen-bond acceptors (Lipinski definition) is 4. The van der Waals surface area contributed by atoms with E-state index in [1.165, 1.54) is 25.7 Å². The second kappa shape index (κ2) is 22.8. The van der Waals surface area contributed by atoms with Crippen molar-refractivity contribution in [3.8, 4) is 0 Å². The van der Waals surface area contributed by atoms with E-state index in [4.69, 9.17) is 0 Å². The van der Waals surface area contributed by atoms with Gasteiger partial charge in [0, 0.05) is 32.0 Å². The Balaban J connectivity index is 0.951. The van der Waals surface area contributed by atoms with Crippen LogP contribution in [0.5, 0.6) is 0 Å². The van der Waals surface area contributed by atoms with E-state index in [0.717, 1.165) is 90.0 Å². The quantitative estimate of drug-likeness (QED) is 0.107. The zero-order chi connectivity index (χ0) is 41.5. The normalized spacial score (nSPS) is 35.8. The monoisotopic (exact) mass is 799 g/mol. The molecule has 2 amide bonds. The highest BCUT2D eigenvalue weighted by molar-refractivity contribution is 5.78. The third kappa shape index (κ3) is 11.8. The predicted octanol–water partition coefficient (Wildman–Crippen LogP) is 11.2. The van der Waals surface area contributed by atoms with Crippen LogP contribution in [0, 0.1) is 52.3 Å². The topological polar surface area (TPSA) is 89.9 Å². The lowest BCUT2D eigenvalue weighted by atomic mass is 9.41. The Labute approximate surface area is 353 Å². The SMILES string of the molecule is CCC=CCC=CCC=CCC=CCC=CCC=CCCC(=O)N1CC[C@@H](NC(=O)CC[C@@H](C)C2CC[C@H]3[C@@H]4[C@H](O)[C@H](CC)[C@@H]5C[C@H](O)CC[C@]5(C)[C@H]4CC[C@]23C)C1. The Hall–Kier alpha value is -2.70.